The summed E-state index contributed by atoms with van der Waals surface area (Å²) in [4.78, 5) is 28.1. The zero-order valence-corrected chi connectivity index (χ0v) is 11.1. The smallest absolute Gasteiger partial charge is 0.332 e. The van der Waals surface area contributed by atoms with Crippen molar-refractivity contribution >= 4 is 17.1 Å². The summed E-state index contributed by atoms with van der Waals surface area (Å²) in [7, 11) is 2.82. The second-order valence-corrected chi connectivity index (χ2v) is 4.40. The average Bonchev–Trinajstić information content (AvgIpc) is 2.81. The molecule has 2 aromatic rings. The monoisotopic (exact) mass is 284 g/mol. The van der Waals surface area contributed by atoms with E-state index in [-0.39, 0.29) is 23.7 Å². The Morgan fingerprint density at radius 3 is 2.55 bits per heavy atom. The van der Waals surface area contributed by atoms with Crippen molar-refractivity contribution < 1.29 is 10.2 Å². The number of imidazole rings is 1. The molecule has 2 rings (SSSR count). The third-order valence-electron chi connectivity index (χ3n) is 3.08. The zero-order valence-electron chi connectivity index (χ0n) is 11.1. The summed E-state index contributed by atoms with van der Waals surface area (Å²) in [5.41, 5.74) is 1.50. The van der Waals surface area contributed by atoms with Gasteiger partial charge in [-0.05, 0) is 0 Å². The van der Waals surface area contributed by atoms with Gasteiger partial charge in [-0.3, -0.25) is 19.4 Å². The third kappa shape index (κ3) is 1.99. The van der Waals surface area contributed by atoms with Crippen LogP contribution in [0.3, 0.4) is 0 Å². The van der Waals surface area contributed by atoms with Gasteiger partial charge < -0.3 is 14.8 Å². The topological polar surface area (TPSA) is 140 Å². The SMILES string of the molecule is Cn1c(=O)c2c(nc(NN)n2CC(O)CO)n(C)c1=O. The molecule has 2 heterocycles. The molecule has 1 unspecified atom stereocenters. The van der Waals surface area contributed by atoms with E-state index in [9.17, 15) is 14.7 Å². The van der Waals surface area contributed by atoms with Crippen molar-refractivity contribution in [1.29, 1.82) is 0 Å². The average molecular weight is 284 g/mol. The summed E-state index contributed by atoms with van der Waals surface area (Å²) in [5.74, 6) is 5.45. The molecule has 0 aliphatic rings. The number of aryl methyl sites for hydroxylation is 1. The van der Waals surface area contributed by atoms with Crippen LogP contribution in [-0.4, -0.2) is 41.6 Å². The fraction of sp³-hybridized carbons (Fsp3) is 0.500. The summed E-state index contributed by atoms with van der Waals surface area (Å²) < 4.78 is 3.48. The van der Waals surface area contributed by atoms with Crippen LogP contribution in [0, 0.1) is 0 Å². The minimum atomic E-state index is -1.08. The molecule has 0 fully saturated rings. The van der Waals surface area contributed by atoms with Crippen LogP contribution in [-0.2, 0) is 20.6 Å². The van der Waals surface area contributed by atoms with Crippen molar-refractivity contribution in [3.05, 3.63) is 20.8 Å². The van der Waals surface area contributed by atoms with Gasteiger partial charge in [-0.15, -0.1) is 0 Å². The molecule has 10 heteroatoms. The lowest BCUT2D eigenvalue weighted by atomic mass is 10.3. The highest BCUT2D eigenvalue weighted by molar-refractivity contribution is 5.74. The lowest BCUT2D eigenvalue weighted by molar-refractivity contribution is 0.0824. The van der Waals surface area contributed by atoms with Crippen molar-refractivity contribution in [1.82, 2.24) is 18.7 Å². The van der Waals surface area contributed by atoms with E-state index < -0.39 is 24.0 Å². The molecule has 20 heavy (non-hydrogen) atoms. The van der Waals surface area contributed by atoms with Crippen LogP contribution in [0.1, 0.15) is 0 Å². The molecule has 5 N–H and O–H groups in total. The van der Waals surface area contributed by atoms with Crippen LogP contribution in [0.5, 0.6) is 0 Å². The Morgan fingerprint density at radius 1 is 1.35 bits per heavy atom. The molecule has 0 aliphatic heterocycles. The molecule has 0 radical (unpaired) electrons. The molecule has 110 valence electrons. The number of hydrogen-bond donors (Lipinski definition) is 4. The van der Waals surface area contributed by atoms with Gasteiger partial charge in [0, 0.05) is 14.1 Å². The quantitative estimate of drug-likeness (QED) is 0.348. The fourth-order valence-electron chi connectivity index (χ4n) is 2.00. The summed E-state index contributed by atoms with van der Waals surface area (Å²) in [6.07, 6.45) is -1.08. The zero-order chi connectivity index (χ0) is 15.0. The van der Waals surface area contributed by atoms with E-state index in [0.29, 0.717) is 0 Å². The van der Waals surface area contributed by atoms with E-state index in [1.807, 2.05) is 0 Å². The van der Waals surface area contributed by atoms with Crippen molar-refractivity contribution in [2.45, 2.75) is 12.6 Å². The predicted octanol–water partition coefficient (Wildman–Crippen LogP) is -2.93. The first-order chi connectivity index (χ1) is 9.42. The molecule has 0 saturated heterocycles. The van der Waals surface area contributed by atoms with E-state index in [1.54, 1.807) is 0 Å². The van der Waals surface area contributed by atoms with Crippen molar-refractivity contribution in [2.75, 3.05) is 12.0 Å². The molecule has 0 saturated carbocycles. The van der Waals surface area contributed by atoms with Crippen LogP contribution >= 0.6 is 0 Å². The molecule has 0 amide bonds. The maximum absolute atomic E-state index is 12.2. The number of fused-ring (bicyclic) bond motifs is 1. The number of rotatable bonds is 4. The van der Waals surface area contributed by atoms with Crippen molar-refractivity contribution in [2.24, 2.45) is 19.9 Å². The van der Waals surface area contributed by atoms with E-state index >= 15 is 0 Å². The summed E-state index contributed by atoms with van der Waals surface area (Å²) in [6, 6.07) is 0. The second-order valence-electron chi connectivity index (χ2n) is 4.40. The molecule has 0 spiro atoms. The number of nitrogens with zero attached hydrogens (tertiary/aromatic N) is 4. The van der Waals surface area contributed by atoms with Crippen molar-refractivity contribution in [3.63, 3.8) is 0 Å². The van der Waals surface area contributed by atoms with Gasteiger partial charge in [0.2, 0.25) is 5.95 Å². The van der Waals surface area contributed by atoms with Crippen LogP contribution in [0.25, 0.3) is 11.2 Å². The van der Waals surface area contributed by atoms with Gasteiger partial charge in [-0.1, -0.05) is 0 Å². The van der Waals surface area contributed by atoms with E-state index in [4.69, 9.17) is 10.9 Å². The molecule has 0 aromatic carbocycles. The van der Waals surface area contributed by atoms with Crippen LogP contribution < -0.4 is 22.5 Å². The van der Waals surface area contributed by atoms with Crippen LogP contribution in [0.15, 0.2) is 9.59 Å². The molecule has 10 nitrogen and oxygen atoms in total. The first-order valence-corrected chi connectivity index (χ1v) is 5.84. The largest absolute Gasteiger partial charge is 0.394 e. The highest BCUT2D eigenvalue weighted by Crippen LogP contribution is 2.15. The standard InChI is InChI=1S/C10H16N6O4/c1-14-7-6(8(19)15(2)10(14)20)16(3-5(18)4-17)9(12-7)13-11/h5,17-18H,3-4,11H2,1-2H3,(H,12,13). The van der Waals surface area contributed by atoms with E-state index in [1.165, 1.54) is 23.2 Å². The number of nitrogens with one attached hydrogen (secondary N) is 1. The van der Waals surface area contributed by atoms with Gasteiger partial charge in [-0.2, -0.15) is 4.98 Å². The number of aliphatic hydroxyl groups is 2. The number of nitrogen functional groups attached to an aromatic ring is 1. The second kappa shape index (κ2) is 5.07. The minimum Gasteiger partial charge on any atom is -0.394 e. The molecular formula is C10H16N6O4. The number of nitrogens with two attached hydrogens (primary N) is 1. The minimum absolute atomic E-state index is 0.0834. The summed E-state index contributed by atoms with van der Waals surface area (Å²) in [6.45, 7) is -0.560. The van der Waals surface area contributed by atoms with Crippen LogP contribution in [0.2, 0.25) is 0 Å². The Kier molecular flexibility index (Phi) is 3.61. The number of hydrogen-bond acceptors (Lipinski definition) is 7. The lowest BCUT2D eigenvalue weighted by Gasteiger charge is -2.11. The molecule has 1 atom stereocenters. The van der Waals surface area contributed by atoms with E-state index in [2.05, 4.69) is 10.4 Å². The van der Waals surface area contributed by atoms with Crippen LogP contribution in [0.4, 0.5) is 5.95 Å². The number of anilines is 1. The van der Waals surface area contributed by atoms with Gasteiger partial charge >= 0.3 is 5.69 Å². The third-order valence-corrected chi connectivity index (χ3v) is 3.08. The highest BCUT2D eigenvalue weighted by Gasteiger charge is 2.20. The highest BCUT2D eigenvalue weighted by atomic mass is 16.3. The molecular weight excluding hydrogens is 268 g/mol. The van der Waals surface area contributed by atoms with Gasteiger partial charge in [0.1, 0.15) is 0 Å². The Balaban J connectivity index is 2.86. The number of aliphatic hydroxyl groups excluding tert-OH is 2. The normalized spacial score (nSPS) is 12.8. The van der Waals surface area contributed by atoms with Gasteiger partial charge in [0.05, 0.1) is 19.3 Å². The molecule has 2 aromatic heterocycles. The van der Waals surface area contributed by atoms with Gasteiger partial charge in [-0.25, -0.2) is 10.6 Å². The van der Waals surface area contributed by atoms with E-state index in [0.717, 1.165) is 4.57 Å². The van der Waals surface area contributed by atoms with Gasteiger partial charge in [0.15, 0.2) is 11.2 Å². The Morgan fingerprint density at radius 2 is 2.00 bits per heavy atom. The fourth-order valence-corrected chi connectivity index (χ4v) is 2.00. The first-order valence-electron chi connectivity index (χ1n) is 5.84. The first kappa shape index (κ1) is 14.2. The Hall–Kier alpha value is -2.17. The maximum atomic E-state index is 12.2. The number of hydrazine groups is 1. The summed E-state index contributed by atoms with van der Waals surface area (Å²) in [5, 5.41) is 18.5. The summed E-state index contributed by atoms with van der Waals surface area (Å²) >= 11 is 0. The Bertz CT molecular complexity index is 758. The number of aromatic nitrogens is 4. The van der Waals surface area contributed by atoms with Crippen molar-refractivity contribution in [3.8, 4) is 0 Å². The van der Waals surface area contributed by atoms with Gasteiger partial charge in [0.25, 0.3) is 5.56 Å². The predicted molar refractivity (Wildman–Crippen MR) is 71.1 cm³/mol. The molecule has 0 bridgehead atoms. The lowest BCUT2D eigenvalue weighted by Crippen LogP contribution is -2.38. The molecule has 0 aliphatic carbocycles. The maximum Gasteiger partial charge on any atom is 0.332 e. The Labute approximate surface area is 112 Å².